The monoisotopic (exact) mass is 221 g/mol. The maximum absolute atomic E-state index is 11.5. The predicted molar refractivity (Wildman–Crippen MR) is 54.3 cm³/mol. The number of halogens is 1. The third-order valence-electron chi connectivity index (χ3n) is 1.85. The highest BCUT2D eigenvalue weighted by Gasteiger charge is 2.30. The lowest BCUT2D eigenvalue weighted by atomic mass is 10.0. The number of nitrogens with zero attached hydrogens (tertiary/aromatic N) is 1. The standard InChI is InChI=1S/C9H16ClNO3/c1-5-14-8(12)7(6(2)3)11(4)9(10)13/h6-7H,5H2,1-4H3. The van der Waals surface area contributed by atoms with Crippen LogP contribution in [0.2, 0.25) is 0 Å². The first-order valence-corrected chi connectivity index (χ1v) is 4.88. The Morgan fingerprint density at radius 2 is 1.93 bits per heavy atom. The van der Waals surface area contributed by atoms with Gasteiger partial charge in [-0.1, -0.05) is 13.8 Å². The molecule has 14 heavy (non-hydrogen) atoms. The molecule has 0 saturated carbocycles. The molecular weight excluding hydrogens is 206 g/mol. The van der Waals surface area contributed by atoms with Crippen molar-refractivity contribution < 1.29 is 14.3 Å². The number of carbonyl (C=O) groups excluding carboxylic acids is 2. The minimum Gasteiger partial charge on any atom is -0.464 e. The molecule has 0 aliphatic heterocycles. The summed E-state index contributed by atoms with van der Waals surface area (Å²) < 4.78 is 4.85. The van der Waals surface area contributed by atoms with Crippen LogP contribution in [0.25, 0.3) is 0 Å². The van der Waals surface area contributed by atoms with E-state index in [-0.39, 0.29) is 5.92 Å². The maximum Gasteiger partial charge on any atom is 0.329 e. The number of hydrogen-bond acceptors (Lipinski definition) is 3. The van der Waals surface area contributed by atoms with Crippen LogP contribution >= 0.6 is 11.6 Å². The van der Waals surface area contributed by atoms with Crippen LogP contribution in [0.1, 0.15) is 20.8 Å². The quantitative estimate of drug-likeness (QED) is 0.414. The minimum absolute atomic E-state index is 0.0262. The summed E-state index contributed by atoms with van der Waals surface area (Å²) in [6, 6.07) is -0.611. The number of rotatable bonds is 4. The van der Waals surface area contributed by atoms with E-state index < -0.39 is 17.4 Å². The summed E-state index contributed by atoms with van der Waals surface area (Å²) in [4.78, 5) is 23.5. The van der Waals surface area contributed by atoms with Crippen molar-refractivity contribution in [3.63, 3.8) is 0 Å². The molecule has 0 N–H and O–H groups in total. The van der Waals surface area contributed by atoms with Crippen molar-refractivity contribution in [3.05, 3.63) is 0 Å². The van der Waals surface area contributed by atoms with E-state index in [0.717, 1.165) is 0 Å². The molecule has 0 rings (SSSR count). The van der Waals surface area contributed by atoms with Crippen molar-refractivity contribution >= 4 is 22.9 Å². The first-order valence-electron chi connectivity index (χ1n) is 4.50. The summed E-state index contributed by atoms with van der Waals surface area (Å²) in [5.41, 5.74) is 0. The van der Waals surface area contributed by atoms with Crippen LogP contribution in [-0.2, 0) is 9.53 Å². The predicted octanol–water partition coefficient (Wildman–Crippen LogP) is 1.86. The third kappa shape index (κ3) is 3.54. The number of ether oxygens (including phenoxy) is 1. The molecule has 0 spiro atoms. The van der Waals surface area contributed by atoms with Crippen LogP contribution in [0.4, 0.5) is 4.79 Å². The van der Waals surface area contributed by atoms with E-state index in [9.17, 15) is 9.59 Å². The highest BCUT2D eigenvalue weighted by Crippen LogP contribution is 2.13. The van der Waals surface area contributed by atoms with Gasteiger partial charge in [0.25, 0.3) is 0 Å². The Bertz CT molecular complexity index is 218. The molecule has 0 saturated heterocycles. The molecule has 5 heteroatoms. The Morgan fingerprint density at radius 3 is 2.21 bits per heavy atom. The van der Waals surface area contributed by atoms with Crippen molar-refractivity contribution in [2.45, 2.75) is 26.8 Å². The molecule has 0 aliphatic rings. The van der Waals surface area contributed by atoms with Gasteiger partial charge in [0, 0.05) is 7.05 Å². The van der Waals surface area contributed by atoms with Crippen molar-refractivity contribution in [1.82, 2.24) is 4.90 Å². The fraction of sp³-hybridized carbons (Fsp3) is 0.778. The van der Waals surface area contributed by atoms with E-state index in [4.69, 9.17) is 16.3 Å². The second-order valence-corrected chi connectivity index (χ2v) is 3.63. The van der Waals surface area contributed by atoms with E-state index >= 15 is 0 Å². The zero-order valence-electron chi connectivity index (χ0n) is 8.91. The lowest BCUT2D eigenvalue weighted by molar-refractivity contribution is -0.149. The molecule has 1 amide bonds. The molecule has 1 unspecified atom stereocenters. The van der Waals surface area contributed by atoms with E-state index in [1.807, 2.05) is 13.8 Å². The van der Waals surface area contributed by atoms with Gasteiger partial charge in [0.2, 0.25) is 0 Å². The Hall–Kier alpha value is -0.770. The Morgan fingerprint density at radius 1 is 1.43 bits per heavy atom. The van der Waals surface area contributed by atoms with E-state index in [1.165, 1.54) is 11.9 Å². The summed E-state index contributed by atoms with van der Waals surface area (Å²) in [6.07, 6.45) is 0. The maximum atomic E-state index is 11.5. The van der Waals surface area contributed by atoms with Gasteiger partial charge in [0.15, 0.2) is 0 Å². The van der Waals surface area contributed by atoms with Gasteiger partial charge < -0.3 is 9.64 Å². The van der Waals surface area contributed by atoms with Crippen molar-refractivity contribution in [1.29, 1.82) is 0 Å². The van der Waals surface area contributed by atoms with Crippen LogP contribution in [0, 0.1) is 5.92 Å². The zero-order valence-corrected chi connectivity index (χ0v) is 9.67. The zero-order chi connectivity index (χ0) is 11.3. The molecule has 1 atom stereocenters. The molecule has 0 aromatic rings. The summed E-state index contributed by atoms with van der Waals surface area (Å²) in [6.45, 7) is 5.68. The lowest BCUT2D eigenvalue weighted by Crippen LogP contribution is -2.44. The summed E-state index contributed by atoms with van der Waals surface area (Å²) >= 11 is 5.29. The number of carbonyl (C=O) groups is 2. The van der Waals surface area contributed by atoms with Crippen LogP contribution in [0.3, 0.4) is 0 Å². The number of esters is 1. The first-order chi connectivity index (χ1) is 6.41. The fourth-order valence-electron chi connectivity index (χ4n) is 1.21. The van der Waals surface area contributed by atoms with Gasteiger partial charge in [-0.2, -0.15) is 0 Å². The van der Waals surface area contributed by atoms with Crippen LogP contribution < -0.4 is 0 Å². The molecule has 0 heterocycles. The highest BCUT2D eigenvalue weighted by molar-refractivity contribution is 6.62. The molecular formula is C9H16ClNO3. The van der Waals surface area contributed by atoms with Crippen molar-refractivity contribution in [2.75, 3.05) is 13.7 Å². The number of amides is 1. The largest absolute Gasteiger partial charge is 0.464 e. The smallest absolute Gasteiger partial charge is 0.329 e. The molecule has 0 bridgehead atoms. The van der Waals surface area contributed by atoms with Crippen LogP contribution in [-0.4, -0.2) is 35.9 Å². The average molecular weight is 222 g/mol. The second-order valence-electron chi connectivity index (χ2n) is 3.30. The van der Waals surface area contributed by atoms with Crippen LogP contribution in [0.5, 0.6) is 0 Å². The summed E-state index contributed by atoms with van der Waals surface area (Å²) in [5, 5.41) is -0.656. The molecule has 4 nitrogen and oxygen atoms in total. The number of likely N-dealkylation sites (N-methyl/N-ethyl adjacent to an activating group) is 1. The lowest BCUT2D eigenvalue weighted by Gasteiger charge is -2.27. The van der Waals surface area contributed by atoms with Gasteiger partial charge in [-0.25, -0.2) is 4.79 Å². The molecule has 0 radical (unpaired) electrons. The minimum atomic E-state index is -0.656. The first kappa shape index (κ1) is 13.2. The molecule has 82 valence electrons. The molecule has 0 aliphatic carbocycles. The summed E-state index contributed by atoms with van der Waals surface area (Å²) in [7, 11) is 1.48. The summed E-state index contributed by atoms with van der Waals surface area (Å²) in [5.74, 6) is -0.444. The van der Waals surface area contributed by atoms with Gasteiger partial charge in [-0.3, -0.25) is 4.79 Å². The van der Waals surface area contributed by atoms with Crippen molar-refractivity contribution in [3.8, 4) is 0 Å². The van der Waals surface area contributed by atoms with E-state index in [0.29, 0.717) is 6.61 Å². The Labute approximate surface area is 89.2 Å². The Balaban J connectivity index is 4.59. The molecule has 0 aromatic carbocycles. The van der Waals surface area contributed by atoms with Gasteiger partial charge in [-0.05, 0) is 24.4 Å². The highest BCUT2D eigenvalue weighted by atomic mass is 35.5. The van der Waals surface area contributed by atoms with Gasteiger partial charge in [0.05, 0.1) is 6.61 Å². The third-order valence-corrected chi connectivity index (χ3v) is 2.12. The van der Waals surface area contributed by atoms with Crippen molar-refractivity contribution in [2.24, 2.45) is 5.92 Å². The fourth-order valence-corrected chi connectivity index (χ4v) is 1.32. The van der Waals surface area contributed by atoms with Crippen LogP contribution in [0.15, 0.2) is 0 Å². The Kier molecular flexibility index (Phi) is 5.53. The molecule has 0 fully saturated rings. The van der Waals surface area contributed by atoms with Gasteiger partial charge in [-0.15, -0.1) is 0 Å². The topological polar surface area (TPSA) is 46.6 Å². The second kappa shape index (κ2) is 5.86. The SMILES string of the molecule is CCOC(=O)C(C(C)C)N(C)C(=O)Cl. The molecule has 0 aromatic heterocycles. The van der Waals surface area contributed by atoms with Gasteiger partial charge >= 0.3 is 11.3 Å². The average Bonchev–Trinajstić information content (AvgIpc) is 2.03. The van der Waals surface area contributed by atoms with E-state index in [1.54, 1.807) is 6.92 Å². The normalized spacial score (nSPS) is 12.4. The van der Waals surface area contributed by atoms with E-state index in [2.05, 4.69) is 0 Å². The van der Waals surface area contributed by atoms with Gasteiger partial charge in [0.1, 0.15) is 6.04 Å². The number of hydrogen-bond donors (Lipinski definition) is 0.